The number of para-hydroxylation sites is 1. The molecule has 2 heterocycles. The standard InChI is InChI=1S/C33H38N6O6S/c40-21-23-12-14-24(15-13-23)29-20-28(22-46-33-35-37-38-39(33)27-8-4-3-5-9-27)44-32(45-29)25-16-18-26(19-17-25)34-30(41)10-6-1-2-7-11-31(42)36-43/h3-5,8-9,12-19,28-29,32,40,43H,1-2,6-7,10-11,20-22H2,(H,34,41)(H,36,42). The van der Waals surface area contributed by atoms with Crippen LogP contribution in [0.15, 0.2) is 84.0 Å². The van der Waals surface area contributed by atoms with Crippen LogP contribution in [0.3, 0.4) is 0 Å². The number of anilines is 1. The van der Waals surface area contributed by atoms with Crippen molar-refractivity contribution in [3.63, 3.8) is 0 Å². The Balaban J connectivity index is 1.20. The van der Waals surface area contributed by atoms with E-state index in [1.54, 1.807) is 10.2 Å². The number of tetrazole rings is 1. The monoisotopic (exact) mass is 646 g/mol. The fourth-order valence-corrected chi connectivity index (χ4v) is 6.03. The third-order valence-electron chi connectivity index (χ3n) is 7.60. The van der Waals surface area contributed by atoms with Gasteiger partial charge in [0.15, 0.2) is 6.29 Å². The molecule has 3 unspecified atom stereocenters. The van der Waals surface area contributed by atoms with Crippen LogP contribution in [0.4, 0.5) is 5.69 Å². The van der Waals surface area contributed by atoms with Crippen LogP contribution in [0.5, 0.6) is 0 Å². The lowest BCUT2D eigenvalue weighted by molar-refractivity contribution is -0.245. The minimum absolute atomic E-state index is 0.0265. The van der Waals surface area contributed by atoms with Crippen LogP contribution in [0.1, 0.15) is 74.0 Å². The van der Waals surface area contributed by atoms with Gasteiger partial charge in [-0.05, 0) is 58.7 Å². The summed E-state index contributed by atoms with van der Waals surface area (Å²) in [4.78, 5) is 23.5. The molecular weight excluding hydrogens is 608 g/mol. The number of aromatic nitrogens is 4. The van der Waals surface area contributed by atoms with E-state index in [1.807, 2.05) is 78.9 Å². The first kappa shape index (κ1) is 33.2. The molecule has 0 spiro atoms. The van der Waals surface area contributed by atoms with Gasteiger partial charge in [-0.25, -0.2) is 5.48 Å². The molecule has 3 atom stereocenters. The van der Waals surface area contributed by atoms with Crippen LogP contribution in [0.2, 0.25) is 0 Å². The number of aliphatic hydroxyl groups excluding tert-OH is 1. The van der Waals surface area contributed by atoms with Gasteiger partial charge in [0.1, 0.15) is 0 Å². The predicted molar refractivity (Wildman–Crippen MR) is 171 cm³/mol. The quantitative estimate of drug-likeness (QED) is 0.0579. The lowest BCUT2D eigenvalue weighted by Crippen LogP contribution is -2.31. The molecule has 0 bridgehead atoms. The van der Waals surface area contributed by atoms with Crippen molar-refractivity contribution in [2.75, 3.05) is 11.1 Å². The Morgan fingerprint density at radius 1 is 0.870 bits per heavy atom. The first-order valence-corrected chi connectivity index (χ1v) is 16.3. The van der Waals surface area contributed by atoms with Gasteiger partial charge in [-0.2, -0.15) is 4.68 Å². The van der Waals surface area contributed by atoms with Gasteiger partial charge in [-0.3, -0.25) is 14.8 Å². The molecule has 2 amide bonds. The maximum atomic E-state index is 12.5. The minimum atomic E-state index is -0.635. The van der Waals surface area contributed by atoms with E-state index < -0.39 is 12.2 Å². The lowest BCUT2D eigenvalue weighted by Gasteiger charge is -2.36. The fourth-order valence-electron chi connectivity index (χ4n) is 5.12. The van der Waals surface area contributed by atoms with Crippen LogP contribution >= 0.6 is 11.8 Å². The van der Waals surface area contributed by atoms with E-state index in [1.165, 1.54) is 11.8 Å². The normalized spacial score (nSPS) is 17.8. The number of hydrogen-bond acceptors (Lipinski definition) is 10. The van der Waals surface area contributed by atoms with E-state index in [2.05, 4.69) is 20.8 Å². The van der Waals surface area contributed by atoms with Crippen LogP contribution in [0, 0.1) is 0 Å². The number of benzene rings is 3. The van der Waals surface area contributed by atoms with E-state index in [0.717, 1.165) is 35.2 Å². The highest BCUT2D eigenvalue weighted by Crippen LogP contribution is 2.39. The van der Waals surface area contributed by atoms with Crippen molar-refractivity contribution >= 4 is 29.3 Å². The summed E-state index contributed by atoms with van der Waals surface area (Å²) in [6, 6.07) is 24.9. The second kappa shape index (κ2) is 17.0. The largest absolute Gasteiger partial charge is 0.392 e. The van der Waals surface area contributed by atoms with Gasteiger partial charge >= 0.3 is 0 Å². The molecule has 1 fully saturated rings. The van der Waals surface area contributed by atoms with Crippen LogP contribution < -0.4 is 10.8 Å². The molecule has 1 aliphatic rings. The molecule has 0 radical (unpaired) electrons. The highest BCUT2D eigenvalue weighted by molar-refractivity contribution is 7.99. The van der Waals surface area contributed by atoms with Crippen molar-refractivity contribution in [2.24, 2.45) is 0 Å². The van der Waals surface area contributed by atoms with E-state index in [4.69, 9.17) is 14.7 Å². The molecule has 5 rings (SSSR count). The number of amides is 2. The first-order valence-electron chi connectivity index (χ1n) is 15.3. The number of nitrogens with zero attached hydrogens (tertiary/aromatic N) is 4. The SMILES string of the molecule is O=C(CCCCCCC(=O)Nc1ccc(C2OC(CSc3nnnn3-c3ccccc3)CC(c3ccc(CO)cc3)O2)cc1)NO. The lowest BCUT2D eigenvalue weighted by atomic mass is 10.0. The number of rotatable bonds is 15. The molecule has 0 aliphatic carbocycles. The van der Waals surface area contributed by atoms with Crippen molar-refractivity contribution in [2.45, 2.75) is 75.2 Å². The van der Waals surface area contributed by atoms with Crippen molar-refractivity contribution in [3.05, 3.63) is 95.6 Å². The summed E-state index contributed by atoms with van der Waals surface area (Å²) in [5, 5.41) is 33.9. The molecule has 1 aromatic heterocycles. The Bertz CT molecular complexity index is 1540. The Labute approximate surface area is 271 Å². The van der Waals surface area contributed by atoms with Crippen molar-refractivity contribution < 1.29 is 29.4 Å². The zero-order valence-electron chi connectivity index (χ0n) is 25.3. The number of thioether (sulfide) groups is 1. The predicted octanol–water partition coefficient (Wildman–Crippen LogP) is 5.28. The van der Waals surface area contributed by atoms with Gasteiger partial charge in [0.2, 0.25) is 17.0 Å². The molecule has 1 saturated heterocycles. The van der Waals surface area contributed by atoms with Gasteiger partial charge in [0.05, 0.1) is 24.5 Å². The number of carbonyl (C=O) groups excluding carboxylic acids is 2. The average Bonchev–Trinajstić information content (AvgIpc) is 3.58. The number of hydrogen-bond donors (Lipinski definition) is 4. The second-order valence-corrected chi connectivity index (χ2v) is 12.0. The molecule has 4 N–H and O–H groups in total. The molecule has 1 aliphatic heterocycles. The molecule has 46 heavy (non-hydrogen) atoms. The topological polar surface area (TPSA) is 161 Å². The van der Waals surface area contributed by atoms with Crippen LogP contribution in [-0.4, -0.2) is 54.2 Å². The summed E-state index contributed by atoms with van der Waals surface area (Å²) in [6.07, 6.45) is 3.25. The van der Waals surface area contributed by atoms with Gasteiger partial charge < -0.3 is 19.9 Å². The number of nitrogens with one attached hydrogen (secondary N) is 2. The van der Waals surface area contributed by atoms with E-state index in [9.17, 15) is 14.7 Å². The average molecular weight is 647 g/mol. The first-order chi connectivity index (χ1) is 22.5. The Hall–Kier alpha value is -4.14. The van der Waals surface area contributed by atoms with Gasteiger partial charge in [-0.1, -0.05) is 79.2 Å². The summed E-state index contributed by atoms with van der Waals surface area (Å²) in [5.74, 6) is 0.127. The Morgan fingerprint density at radius 2 is 1.57 bits per heavy atom. The van der Waals surface area contributed by atoms with E-state index in [0.29, 0.717) is 42.3 Å². The van der Waals surface area contributed by atoms with Crippen molar-refractivity contribution in [1.29, 1.82) is 0 Å². The Kier molecular flexibility index (Phi) is 12.3. The molecule has 4 aromatic rings. The van der Waals surface area contributed by atoms with Crippen LogP contribution in [0.25, 0.3) is 5.69 Å². The summed E-state index contributed by atoms with van der Waals surface area (Å²) < 4.78 is 14.6. The van der Waals surface area contributed by atoms with Gasteiger partial charge in [-0.15, -0.1) is 5.10 Å². The maximum absolute atomic E-state index is 12.5. The number of aliphatic hydroxyl groups is 1. The summed E-state index contributed by atoms with van der Waals surface area (Å²) >= 11 is 1.52. The van der Waals surface area contributed by atoms with Gasteiger partial charge in [0, 0.05) is 36.3 Å². The third-order valence-corrected chi connectivity index (χ3v) is 8.66. The van der Waals surface area contributed by atoms with E-state index >= 15 is 0 Å². The van der Waals surface area contributed by atoms with E-state index in [-0.39, 0.29) is 31.1 Å². The number of hydroxylamine groups is 1. The summed E-state index contributed by atoms with van der Waals surface area (Å²) in [7, 11) is 0. The number of carbonyl (C=O) groups is 2. The molecule has 242 valence electrons. The summed E-state index contributed by atoms with van der Waals surface area (Å²) in [5.41, 5.74) is 5.83. The zero-order chi connectivity index (χ0) is 32.1. The zero-order valence-corrected chi connectivity index (χ0v) is 26.1. The van der Waals surface area contributed by atoms with Crippen molar-refractivity contribution in [3.8, 4) is 5.69 Å². The summed E-state index contributed by atoms with van der Waals surface area (Å²) in [6.45, 7) is -0.0265. The highest BCUT2D eigenvalue weighted by Gasteiger charge is 2.32. The van der Waals surface area contributed by atoms with Crippen LogP contribution in [-0.2, 0) is 25.7 Å². The Morgan fingerprint density at radius 3 is 2.26 bits per heavy atom. The molecule has 12 nitrogen and oxygen atoms in total. The molecule has 0 saturated carbocycles. The second-order valence-electron chi connectivity index (χ2n) is 11.0. The van der Waals surface area contributed by atoms with Crippen molar-refractivity contribution in [1.82, 2.24) is 25.7 Å². The molecule has 13 heteroatoms. The smallest absolute Gasteiger partial charge is 0.243 e. The fraction of sp³-hybridized carbons (Fsp3) is 0.364. The third kappa shape index (κ3) is 9.44. The minimum Gasteiger partial charge on any atom is -0.392 e. The number of ether oxygens (including phenoxy) is 2. The highest BCUT2D eigenvalue weighted by atomic mass is 32.2. The molecule has 3 aromatic carbocycles. The molecular formula is C33H38N6O6S. The number of unbranched alkanes of at least 4 members (excludes halogenated alkanes) is 3. The van der Waals surface area contributed by atoms with Gasteiger partial charge in [0.25, 0.3) is 0 Å². The maximum Gasteiger partial charge on any atom is 0.243 e.